The zero-order chi connectivity index (χ0) is 11.3. The molecule has 4 nitrogen and oxygen atoms in total. The second kappa shape index (κ2) is 6.08. The van der Waals surface area contributed by atoms with E-state index in [-0.39, 0.29) is 18.4 Å². The van der Waals surface area contributed by atoms with Crippen molar-refractivity contribution in [3.63, 3.8) is 0 Å². The van der Waals surface area contributed by atoms with Crippen molar-refractivity contribution in [1.29, 1.82) is 0 Å². The molecule has 1 saturated carbocycles. The Morgan fingerprint density at radius 3 is 2.67 bits per heavy atom. The van der Waals surface area contributed by atoms with Gasteiger partial charge < -0.3 is 14.7 Å². The second-order valence-electron chi connectivity index (χ2n) is 4.31. The highest BCUT2D eigenvalue weighted by atomic mass is 16.5. The quantitative estimate of drug-likeness (QED) is 0.732. The monoisotopic (exact) mass is 215 g/mol. The summed E-state index contributed by atoms with van der Waals surface area (Å²) in [5.41, 5.74) is 0. The molecule has 0 bridgehead atoms. The van der Waals surface area contributed by atoms with Gasteiger partial charge in [0.2, 0.25) is 5.91 Å². The Bertz CT molecular complexity index is 202. The van der Waals surface area contributed by atoms with Gasteiger partial charge in [-0.3, -0.25) is 4.79 Å². The predicted molar refractivity (Wildman–Crippen MR) is 57.5 cm³/mol. The smallest absolute Gasteiger partial charge is 0.225 e. The topological polar surface area (TPSA) is 49.8 Å². The summed E-state index contributed by atoms with van der Waals surface area (Å²) in [4.78, 5) is 13.5. The number of ether oxygens (including phenoxy) is 1. The van der Waals surface area contributed by atoms with Crippen molar-refractivity contribution >= 4 is 5.91 Å². The van der Waals surface area contributed by atoms with Crippen LogP contribution in [0.1, 0.15) is 25.7 Å². The van der Waals surface area contributed by atoms with Crippen LogP contribution in [0.25, 0.3) is 0 Å². The lowest BCUT2D eigenvalue weighted by atomic mass is 10.1. The highest BCUT2D eigenvalue weighted by molar-refractivity contribution is 5.78. The summed E-state index contributed by atoms with van der Waals surface area (Å²) in [7, 11) is 3.29. The van der Waals surface area contributed by atoms with Crippen molar-refractivity contribution in [2.24, 2.45) is 5.92 Å². The summed E-state index contributed by atoms with van der Waals surface area (Å²) in [6.07, 6.45) is 3.74. The molecule has 1 aliphatic carbocycles. The Morgan fingerprint density at radius 2 is 2.13 bits per heavy atom. The molecule has 1 atom stereocenters. The average Bonchev–Trinajstić information content (AvgIpc) is 2.69. The zero-order valence-electron chi connectivity index (χ0n) is 9.61. The first-order valence-electron chi connectivity index (χ1n) is 5.57. The van der Waals surface area contributed by atoms with Gasteiger partial charge >= 0.3 is 0 Å². The van der Waals surface area contributed by atoms with Gasteiger partial charge in [0.05, 0.1) is 12.7 Å². The third kappa shape index (κ3) is 3.80. The average molecular weight is 215 g/mol. The molecule has 1 N–H and O–H groups in total. The van der Waals surface area contributed by atoms with Crippen molar-refractivity contribution in [2.75, 3.05) is 27.3 Å². The maximum absolute atomic E-state index is 11.9. The number of hydrogen-bond acceptors (Lipinski definition) is 3. The van der Waals surface area contributed by atoms with E-state index in [1.807, 2.05) is 0 Å². The number of rotatable bonds is 5. The predicted octanol–water partition coefficient (Wildman–Crippen LogP) is 0.642. The summed E-state index contributed by atoms with van der Waals surface area (Å²) < 4.78 is 4.82. The van der Waals surface area contributed by atoms with Crippen molar-refractivity contribution in [3.05, 3.63) is 0 Å². The van der Waals surface area contributed by atoms with Crippen LogP contribution in [0.4, 0.5) is 0 Å². The first-order chi connectivity index (χ1) is 7.15. The van der Waals surface area contributed by atoms with E-state index in [1.54, 1.807) is 19.1 Å². The van der Waals surface area contributed by atoms with Crippen LogP contribution in [-0.4, -0.2) is 49.3 Å². The minimum atomic E-state index is -0.578. The highest BCUT2D eigenvalue weighted by Gasteiger charge is 2.26. The molecular weight excluding hydrogens is 194 g/mol. The molecule has 88 valence electrons. The fraction of sp³-hybridized carbons (Fsp3) is 0.909. The van der Waals surface area contributed by atoms with Crippen LogP contribution >= 0.6 is 0 Å². The molecule has 0 aromatic heterocycles. The molecule has 0 aromatic carbocycles. The number of amides is 1. The lowest BCUT2D eigenvalue weighted by Gasteiger charge is -2.23. The van der Waals surface area contributed by atoms with Crippen LogP contribution in [0, 0.1) is 5.92 Å². The first-order valence-corrected chi connectivity index (χ1v) is 5.57. The van der Waals surface area contributed by atoms with E-state index in [1.165, 1.54) is 0 Å². The second-order valence-corrected chi connectivity index (χ2v) is 4.31. The summed E-state index contributed by atoms with van der Waals surface area (Å²) in [6, 6.07) is 0. The summed E-state index contributed by atoms with van der Waals surface area (Å²) in [6.45, 7) is 0.644. The minimum absolute atomic E-state index is 0.169. The van der Waals surface area contributed by atoms with Gasteiger partial charge in [-0.15, -0.1) is 0 Å². The molecule has 0 aliphatic heterocycles. The number of likely N-dealkylation sites (N-methyl/N-ethyl adjacent to an activating group) is 1. The van der Waals surface area contributed by atoms with E-state index < -0.39 is 6.10 Å². The molecule has 0 aromatic rings. The van der Waals surface area contributed by atoms with Gasteiger partial charge in [-0.1, -0.05) is 12.8 Å². The number of aliphatic hydroxyl groups excluding tert-OH is 1. The largest absolute Gasteiger partial charge is 0.389 e. The van der Waals surface area contributed by atoms with Crippen LogP contribution in [0.15, 0.2) is 0 Å². The number of methoxy groups -OCH3 is 1. The summed E-state index contributed by atoms with van der Waals surface area (Å²) >= 11 is 0. The summed E-state index contributed by atoms with van der Waals surface area (Å²) in [5, 5.41) is 9.49. The maximum Gasteiger partial charge on any atom is 0.225 e. The lowest BCUT2D eigenvalue weighted by molar-refractivity contribution is -0.135. The molecular formula is C11H21NO3. The first kappa shape index (κ1) is 12.5. The number of nitrogens with zero attached hydrogens (tertiary/aromatic N) is 1. The molecule has 4 heteroatoms. The molecule has 0 spiro atoms. The fourth-order valence-electron chi connectivity index (χ4n) is 2.14. The van der Waals surface area contributed by atoms with Crippen LogP contribution < -0.4 is 0 Å². The Labute approximate surface area is 91.2 Å². The van der Waals surface area contributed by atoms with Crippen LogP contribution in [0.3, 0.4) is 0 Å². The number of aliphatic hydroxyl groups is 1. The third-order valence-electron chi connectivity index (χ3n) is 2.92. The SMILES string of the molecule is COCC(O)CN(C)C(=O)C1CCCC1. The van der Waals surface area contributed by atoms with E-state index in [0.717, 1.165) is 25.7 Å². The molecule has 1 rings (SSSR count). The lowest BCUT2D eigenvalue weighted by Crippen LogP contribution is -2.39. The van der Waals surface area contributed by atoms with Crippen LogP contribution in [-0.2, 0) is 9.53 Å². The van der Waals surface area contributed by atoms with Crippen LogP contribution in [0.2, 0.25) is 0 Å². The highest BCUT2D eigenvalue weighted by Crippen LogP contribution is 2.26. The fourth-order valence-corrected chi connectivity index (χ4v) is 2.14. The van der Waals surface area contributed by atoms with E-state index in [4.69, 9.17) is 4.74 Å². The van der Waals surface area contributed by atoms with Gasteiger partial charge in [-0.2, -0.15) is 0 Å². The van der Waals surface area contributed by atoms with Gasteiger partial charge in [0.15, 0.2) is 0 Å². The van der Waals surface area contributed by atoms with Crippen molar-refractivity contribution in [1.82, 2.24) is 4.90 Å². The van der Waals surface area contributed by atoms with Gasteiger partial charge in [-0.25, -0.2) is 0 Å². The van der Waals surface area contributed by atoms with E-state index in [9.17, 15) is 9.90 Å². The summed E-state index contributed by atoms with van der Waals surface area (Å²) in [5.74, 6) is 0.354. The Hall–Kier alpha value is -0.610. The normalized spacial score (nSPS) is 19.1. The maximum atomic E-state index is 11.9. The molecule has 15 heavy (non-hydrogen) atoms. The van der Waals surface area contributed by atoms with E-state index in [0.29, 0.717) is 6.54 Å². The standard InChI is InChI=1S/C11H21NO3/c1-12(7-10(13)8-15-2)11(14)9-5-3-4-6-9/h9-10,13H,3-8H2,1-2H3. The number of carbonyl (C=O) groups excluding carboxylic acids is 1. The molecule has 1 amide bonds. The molecule has 1 fully saturated rings. The van der Waals surface area contributed by atoms with E-state index in [2.05, 4.69) is 0 Å². The van der Waals surface area contributed by atoms with Gasteiger partial charge in [0.25, 0.3) is 0 Å². The zero-order valence-corrected chi connectivity index (χ0v) is 9.61. The Kier molecular flexibility index (Phi) is 5.05. The molecule has 0 saturated heterocycles. The van der Waals surface area contributed by atoms with Gasteiger partial charge in [0.1, 0.15) is 0 Å². The third-order valence-corrected chi connectivity index (χ3v) is 2.92. The van der Waals surface area contributed by atoms with Gasteiger partial charge in [-0.05, 0) is 12.8 Å². The van der Waals surface area contributed by atoms with Crippen LogP contribution in [0.5, 0.6) is 0 Å². The molecule has 1 aliphatic rings. The number of hydrogen-bond donors (Lipinski definition) is 1. The number of carbonyl (C=O) groups is 1. The van der Waals surface area contributed by atoms with Crippen molar-refractivity contribution in [2.45, 2.75) is 31.8 Å². The Morgan fingerprint density at radius 1 is 1.53 bits per heavy atom. The van der Waals surface area contributed by atoms with E-state index >= 15 is 0 Å². The molecule has 0 radical (unpaired) electrons. The van der Waals surface area contributed by atoms with Gasteiger partial charge in [0, 0.05) is 26.6 Å². The minimum Gasteiger partial charge on any atom is -0.389 e. The van der Waals surface area contributed by atoms with Crippen molar-refractivity contribution < 1.29 is 14.6 Å². The Balaban J connectivity index is 2.31. The molecule has 0 heterocycles. The molecule has 1 unspecified atom stereocenters. The van der Waals surface area contributed by atoms with Crippen molar-refractivity contribution in [3.8, 4) is 0 Å².